The minimum absolute atomic E-state index is 0.499. The Morgan fingerprint density at radius 3 is 2.08 bits per heavy atom. The first-order valence-corrected chi connectivity index (χ1v) is 10.1. The third-order valence-electron chi connectivity index (χ3n) is 6.77. The Bertz CT molecular complexity index is 526. The van der Waals surface area contributed by atoms with Crippen molar-refractivity contribution in [2.75, 3.05) is 32.7 Å². The molecule has 4 nitrogen and oxygen atoms in total. The fourth-order valence-electron chi connectivity index (χ4n) is 5.18. The highest BCUT2D eigenvalue weighted by atomic mass is 16.3. The molecule has 3 fully saturated rings. The number of benzene rings is 1. The van der Waals surface area contributed by atoms with Gasteiger partial charge in [-0.05, 0) is 62.6 Å². The van der Waals surface area contributed by atoms with Gasteiger partial charge >= 0.3 is 0 Å². The van der Waals surface area contributed by atoms with E-state index in [1.807, 2.05) is 0 Å². The van der Waals surface area contributed by atoms with Gasteiger partial charge in [0.1, 0.15) is 0 Å². The van der Waals surface area contributed by atoms with Crippen molar-refractivity contribution >= 4 is 0 Å². The zero-order valence-corrected chi connectivity index (χ0v) is 15.1. The molecule has 0 bridgehead atoms. The van der Waals surface area contributed by atoms with Crippen LogP contribution < -0.4 is 0 Å². The van der Waals surface area contributed by atoms with Crippen molar-refractivity contribution in [2.45, 2.75) is 50.4 Å². The number of piperidine rings is 1. The molecule has 0 amide bonds. The first kappa shape index (κ1) is 17.5. The monoisotopic (exact) mass is 344 g/mol. The number of hydrogen-bond donors (Lipinski definition) is 2. The van der Waals surface area contributed by atoms with Crippen molar-refractivity contribution in [3.63, 3.8) is 0 Å². The lowest BCUT2D eigenvalue weighted by atomic mass is 9.79. The molecule has 2 N–H and O–H groups in total. The van der Waals surface area contributed by atoms with Gasteiger partial charge in [0.25, 0.3) is 0 Å². The molecular formula is C21H32N2O2. The first-order chi connectivity index (χ1) is 12.2. The van der Waals surface area contributed by atoms with Gasteiger partial charge in [-0.2, -0.15) is 0 Å². The van der Waals surface area contributed by atoms with Gasteiger partial charge in [-0.25, -0.2) is 0 Å². The highest BCUT2D eigenvalue weighted by Crippen LogP contribution is 2.38. The van der Waals surface area contributed by atoms with E-state index < -0.39 is 12.2 Å². The van der Waals surface area contributed by atoms with Crippen LogP contribution in [0.3, 0.4) is 0 Å². The molecule has 1 aliphatic carbocycles. The molecule has 4 heteroatoms. The average Bonchev–Trinajstić information content (AvgIpc) is 3.04. The zero-order valence-electron chi connectivity index (χ0n) is 15.1. The number of rotatable bonds is 4. The predicted molar refractivity (Wildman–Crippen MR) is 99.4 cm³/mol. The van der Waals surface area contributed by atoms with Gasteiger partial charge < -0.3 is 15.1 Å². The van der Waals surface area contributed by atoms with Crippen LogP contribution in [-0.2, 0) is 6.42 Å². The maximum absolute atomic E-state index is 9.93. The molecule has 1 saturated carbocycles. The maximum Gasteiger partial charge on any atom is 0.0802 e. The lowest BCUT2D eigenvalue weighted by Crippen LogP contribution is -2.44. The largest absolute Gasteiger partial charge is 0.390 e. The van der Waals surface area contributed by atoms with Crippen molar-refractivity contribution in [2.24, 2.45) is 11.8 Å². The minimum atomic E-state index is -0.499. The molecule has 4 atom stereocenters. The van der Waals surface area contributed by atoms with E-state index in [1.54, 1.807) is 0 Å². The SMILES string of the molecule is O[C@@H]1C[C@H]2CN(C3CCN(CCc4ccccc4)CC3)C[C@H]2C[C@@H]1O. The fourth-order valence-corrected chi connectivity index (χ4v) is 5.18. The van der Waals surface area contributed by atoms with E-state index in [0.29, 0.717) is 17.9 Å². The number of aliphatic hydroxyl groups excluding tert-OH is 2. The van der Waals surface area contributed by atoms with Gasteiger partial charge in [0.05, 0.1) is 12.2 Å². The van der Waals surface area contributed by atoms with Crippen LogP contribution in [0.4, 0.5) is 0 Å². The van der Waals surface area contributed by atoms with Gasteiger partial charge in [-0.3, -0.25) is 4.90 Å². The lowest BCUT2D eigenvalue weighted by molar-refractivity contribution is -0.0372. The molecule has 0 radical (unpaired) electrons. The number of fused-ring (bicyclic) bond motifs is 1. The number of likely N-dealkylation sites (tertiary alicyclic amines) is 2. The third-order valence-corrected chi connectivity index (χ3v) is 6.77. The second-order valence-electron chi connectivity index (χ2n) is 8.39. The van der Waals surface area contributed by atoms with E-state index in [-0.39, 0.29) is 0 Å². The molecule has 25 heavy (non-hydrogen) atoms. The highest BCUT2D eigenvalue weighted by Gasteiger charge is 2.43. The molecule has 1 aromatic carbocycles. The average molecular weight is 344 g/mol. The molecule has 4 rings (SSSR count). The Morgan fingerprint density at radius 1 is 0.880 bits per heavy atom. The van der Waals surface area contributed by atoms with Crippen LogP contribution in [-0.4, -0.2) is 71.0 Å². The van der Waals surface area contributed by atoms with E-state index in [0.717, 1.165) is 32.4 Å². The summed E-state index contributed by atoms with van der Waals surface area (Å²) < 4.78 is 0. The van der Waals surface area contributed by atoms with Crippen LogP contribution in [0.15, 0.2) is 30.3 Å². The molecule has 0 aromatic heterocycles. The van der Waals surface area contributed by atoms with Gasteiger partial charge in [-0.15, -0.1) is 0 Å². The summed E-state index contributed by atoms with van der Waals surface area (Å²) in [5, 5.41) is 19.9. The van der Waals surface area contributed by atoms with Crippen LogP contribution in [0, 0.1) is 11.8 Å². The Hall–Kier alpha value is -0.940. The van der Waals surface area contributed by atoms with Crippen molar-refractivity contribution in [1.82, 2.24) is 9.80 Å². The number of nitrogens with zero attached hydrogens (tertiary/aromatic N) is 2. The molecule has 1 aromatic rings. The number of hydrogen-bond acceptors (Lipinski definition) is 4. The second kappa shape index (κ2) is 7.75. The molecule has 2 heterocycles. The predicted octanol–water partition coefficient (Wildman–Crippen LogP) is 1.76. The Labute approximate surface area is 151 Å². The topological polar surface area (TPSA) is 46.9 Å². The molecule has 2 aliphatic heterocycles. The van der Waals surface area contributed by atoms with Crippen molar-refractivity contribution in [1.29, 1.82) is 0 Å². The molecule has 0 spiro atoms. The van der Waals surface area contributed by atoms with Gasteiger partial charge in [-0.1, -0.05) is 30.3 Å². The summed E-state index contributed by atoms with van der Waals surface area (Å²) in [6.45, 7) is 5.83. The highest BCUT2D eigenvalue weighted by molar-refractivity contribution is 5.14. The van der Waals surface area contributed by atoms with Crippen LogP contribution >= 0.6 is 0 Å². The van der Waals surface area contributed by atoms with E-state index >= 15 is 0 Å². The van der Waals surface area contributed by atoms with Crippen molar-refractivity contribution in [3.05, 3.63) is 35.9 Å². The van der Waals surface area contributed by atoms with Crippen molar-refractivity contribution < 1.29 is 10.2 Å². The Balaban J connectivity index is 1.23. The smallest absolute Gasteiger partial charge is 0.0802 e. The fraction of sp³-hybridized carbons (Fsp3) is 0.714. The molecule has 3 aliphatic rings. The van der Waals surface area contributed by atoms with E-state index in [1.165, 1.54) is 38.0 Å². The quantitative estimate of drug-likeness (QED) is 0.874. The second-order valence-corrected chi connectivity index (χ2v) is 8.39. The van der Waals surface area contributed by atoms with Crippen LogP contribution in [0.5, 0.6) is 0 Å². The molecular weight excluding hydrogens is 312 g/mol. The summed E-state index contributed by atoms with van der Waals surface area (Å²) in [4.78, 5) is 5.27. The van der Waals surface area contributed by atoms with Crippen LogP contribution in [0.2, 0.25) is 0 Å². The van der Waals surface area contributed by atoms with Gasteiger partial charge in [0, 0.05) is 25.7 Å². The zero-order chi connectivity index (χ0) is 17.2. The number of aliphatic hydroxyl groups is 2. The summed E-state index contributed by atoms with van der Waals surface area (Å²) in [5.41, 5.74) is 1.44. The van der Waals surface area contributed by atoms with Crippen LogP contribution in [0.25, 0.3) is 0 Å². The molecule has 138 valence electrons. The lowest BCUT2D eigenvalue weighted by Gasteiger charge is -2.37. The summed E-state index contributed by atoms with van der Waals surface area (Å²) in [6.07, 6.45) is 4.26. The summed E-state index contributed by atoms with van der Waals surface area (Å²) in [5.74, 6) is 1.18. The normalized spacial score (nSPS) is 35.0. The Morgan fingerprint density at radius 2 is 1.48 bits per heavy atom. The minimum Gasteiger partial charge on any atom is -0.390 e. The standard InChI is InChI=1S/C21H32N2O2/c24-20-12-17-14-23(15-18(17)13-21(20)25)19-7-10-22(11-8-19)9-6-16-4-2-1-3-5-16/h1-5,17-21,24-25H,6-15H2/t17-,18+,20+,21-. The first-order valence-electron chi connectivity index (χ1n) is 10.1. The van der Waals surface area contributed by atoms with Crippen LogP contribution in [0.1, 0.15) is 31.2 Å². The molecule has 2 saturated heterocycles. The van der Waals surface area contributed by atoms with E-state index in [4.69, 9.17) is 0 Å². The summed E-state index contributed by atoms with van der Waals surface area (Å²) >= 11 is 0. The van der Waals surface area contributed by atoms with E-state index in [2.05, 4.69) is 40.1 Å². The van der Waals surface area contributed by atoms with E-state index in [9.17, 15) is 10.2 Å². The van der Waals surface area contributed by atoms with Gasteiger partial charge in [0.15, 0.2) is 0 Å². The summed E-state index contributed by atoms with van der Waals surface area (Å²) in [6, 6.07) is 11.5. The van der Waals surface area contributed by atoms with Gasteiger partial charge in [0.2, 0.25) is 0 Å². The third kappa shape index (κ3) is 4.08. The maximum atomic E-state index is 9.93. The van der Waals surface area contributed by atoms with Crippen molar-refractivity contribution in [3.8, 4) is 0 Å². The summed E-state index contributed by atoms with van der Waals surface area (Å²) in [7, 11) is 0. The molecule has 0 unspecified atom stereocenters. The Kier molecular flexibility index (Phi) is 5.41.